The number of nitrogens with one attached hydrogen (secondary N) is 2. The number of rotatable bonds is 8. The number of aliphatic imine (C=N–C) groups is 1. The van der Waals surface area contributed by atoms with Gasteiger partial charge in [0.1, 0.15) is 5.75 Å². The van der Waals surface area contributed by atoms with Gasteiger partial charge in [0.25, 0.3) is 0 Å². The molecule has 31 heavy (non-hydrogen) atoms. The van der Waals surface area contributed by atoms with Gasteiger partial charge in [-0.3, -0.25) is 4.98 Å². The second-order valence-corrected chi connectivity index (χ2v) is 7.04. The van der Waals surface area contributed by atoms with Crippen molar-refractivity contribution in [1.29, 1.82) is 0 Å². The summed E-state index contributed by atoms with van der Waals surface area (Å²) < 4.78 is 5.93. The lowest BCUT2D eigenvalue weighted by Gasteiger charge is -2.11. The fourth-order valence-corrected chi connectivity index (χ4v) is 2.87. The van der Waals surface area contributed by atoms with Gasteiger partial charge in [-0.25, -0.2) is 9.98 Å². The predicted octanol–water partition coefficient (Wildman–Crippen LogP) is 4.80. The van der Waals surface area contributed by atoms with E-state index in [1.54, 1.807) is 6.20 Å². The molecular formula is C24H30IN5O. The molecule has 0 saturated carbocycles. The van der Waals surface area contributed by atoms with Crippen LogP contribution in [0.25, 0.3) is 0 Å². The summed E-state index contributed by atoms with van der Waals surface area (Å²) in [5, 5.41) is 6.63. The van der Waals surface area contributed by atoms with Gasteiger partial charge >= 0.3 is 0 Å². The number of ether oxygens (including phenoxy) is 1. The molecule has 164 valence electrons. The molecule has 0 aliphatic rings. The van der Waals surface area contributed by atoms with Crippen LogP contribution in [0.3, 0.4) is 0 Å². The minimum absolute atomic E-state index is 0. The minimum atomic E-state index is 0. The fourth-order valence-electron chi connectivity index (χ4n) is 2.87. The SMILES string of the molecule is CCNC(=NCc1ccnc(Oc2ccc(C)c(C)c2)c1)NCCc1ccccn1.I. The Morgan fingerprint density at radius 2 is 1.84 bits per heavy atom. The van der Waals surface area contributed by atoms with E-state index >= 15 is 0 Å². The first-order valence-electron chi connectivity index (χ1n) is 10.3. The zero-order chi connectivity index (χ0) is 21.2. The molecule has 0 aliphatic heterocycles. The number of aromatic nitrogens is 2. The summed E-state index contributed by atoms with van der Waals surface area (Å²) in [7, 11) is 0. The molecule has 2 aromatic heterocycles. The first-order chi connectivity index (χ1) is 14.6. The average Bonchev–Trinajstić information content (AvgIpc) is 2.76. The van der Waals surface area contributed by atoms with E-state index in [0.29, 0.717) is 12.4 Å². The van der Waals surface area contributed by atoms with Crippen LogP contribution in [0.1, 0.15) is 29.3 Å². The van der Waals surface area contributed by atoms with Crippen LogP contribution in [-0.2, 0) is 13.0 Å². The Bertz CT molecular complexity index is 979. The van der Waals surface area contributed by atoms with Gasteiger partial charge in [0.15, 0.2) is 5.96 Å². The Hall–Kier alpha value is -2.68. The third-order valence-electron chi connectivity index (χ3n) is 4.66. The van der Waals surface area contributed by atoms with E-state index in [4.69, 9.17) is 4.74 Å². The molecule has 3 rings (SSSR count). The highest BCUT2D eigenvalue weighted by Gasteiger charge is 2.03. The Morgan fingerprint density at radius 1 is 0.968 bits per heavy atom. The minimum Gasteiger partial charge on any atom is -0.439 e. The Labute approximate surface area is 201 Å². The smallest absolute Gasteiger partial charge is 0.219 e. The molecule has 0 atom stereocenters. The first kappa shape index (κ1) is 24.6. The molecule has 7 heteroatoms. The molecule has 0 amide bonds. The highest BCUT2D eigenvalue weighted by atomic mass is 127. The number of nitrogens with zero attached hydrogens (tertiary/aromatic N) is 3. The van der Waals surface area contributed by atoms with Crippen LogP contribution >= 0.6 is 24.0 Å². The lowest BCUT2D eigenvalue weighted by atomic mass is 10.1. The van der Waals surface area contributed by atoms with Gasteiger partial charge in [0.05, 0.1) is 6.54 Å². The highest BCUT2D eigenvalue weighted by Crippen LogP contribution is 2.22. The Morgan fingerprint density at radius 3 is 2.58 bits per heavy atom. The van der Waals surface area contributed by atoms with Gasteiger partial charge < -0.3 is 15.4 Å². The maximum Gasteiger partial charge on any atom is 0.219 e. The summed E-state index contributed by atoms with van der Waals surface area (Å²) >= 11 is 0. The largest absolute Gasteiger partial charge is 0.439 e. The normalized spacial score (nSPS) is 10.9. The number of aryl methyl sites for hydroxylation is 2. The molecule has 0 aliphatic carbocycles. The van der Waals surface area contributed by atoms with Crippen molar-refractivity contribution >= 4 is 29.9 Å². The van der Waals surface area contributed by atoms with Gasteiger partial charge in [0.2, 0.25) is 5.88 Å². The van der Waals surface area contributed by atoms with Crippen molar-refractivity contribution in [2.45, 2.75) is 33.7 Å². The summed E-state index contributed by atoms with van der Waals surface area (Å²) in [6.07, 6.45) is 4.41. The standard InChI is InChI=1S/C24H29N5O.HI/c1-4-25-24(28-14-11-21-7-5-6-12-26-21)29-17-20-10-13-27-23(16-20)30-22-9-8-18(2)19(3)15-22;/h5-10,12-13,15-16H,4,11,14,17H2,1-3H3,(H2,25,28,29);1H. The van der Waals surface area contributed by atoms with Gasteiger partial charge in [-0.05, 0) is 67.8 Å². The van der Waals surface area contributed by atoms with E-state index in [9.17, 15) is 0 Å². The van der Waals surface area contributed by atoms with Crippen LogP contribution < -0.4 is 15.4 Å². The third-order valence-corrected chi connectivity index (χ3v) is 4.66. The molecule has 0 spiro atoms. The molecule has 2 heterocycles. The summed E-state index contributed by atoms with van der Waals surface area (Å²) in [6.45, 7) is 8.31. The number of hydrogen-bond acceptors (Lipinski definition) is 4. The fraction of sp³-hybridized carbons (Fsp3) is 0.292. The van der Waals surface area contributed by atoms with E-state index in [1.165, 1.54) is 11.1 Å². The number of halogens is 1. The summed E-state index contributed by atoms with van der Waals surface area (Å²) in [5.41, 5.74) is 4.53. The van der Waals surface area contributed by atoms with E-state index in [-0.39, 0.29) is 24.0 Å². The van der Waals surface area contributed by atoms with Crippen molar-refractivity contribution in [3.05, 3.63) is 83.3 Å². The molecule has 0 fully saturated rings. The molecule has 0 bridgehead atoms. The number of hydrogen-bond donors (Lipinski definition) is 2. The van der Waals surface area contributed by atoms with E-state index in [1.807, 2.05) is 48.7 Å². The molecule has 0 radical (unpaired) electrons. The van der Waals surface area contributed by atoms with Crippen molar-refractivity contribution in [1.82, 2.24) is 20.6 Å². The van der Waals surface area contributed by atoms with Crippen molar-refractivity contribution in [2.24, 2.45) is 4.99 Å². The van der Waals surface area contributed by atoms with Crippen LogP contribution in [-0.4, -0.2) is 29.0 Å². The second-order valence-electron chi connectivity index (χ2n) is 7.04. The van der Waals surface area contributed by atoms with Crippen LogP contribution in [0.4, 0.5) is 0 Å². The third kappa shape index (κ3) is 8.16. The lowest BCUT2D eigenvalue weighted by molar-refractivity contribution is 0.461. The van der Waals surface area contributed by atoms with Gasteiger partial charge in [-0.2, -0.15) is 0 Å². The lowest BCUT2D eigenvalue weighted by Crippen LogP contribution is -2.38. The molecule has 0 unspecified atom stereocenters. The van der Waals surface area contributed by atoms with E-state index in [2.05, 4.69) is 52.4 Å². The van der Waals surface area contributed by atoms with Gasteiger partial charge in [-0.1, -0.05) is 12.1 Å². The highest BCUT2D eigenvalue weighted by molar-refractivity contribution is 14.0. The van der Waals surface area contributed by atoms with Gasteiger partial charge in [-0.15, -0.1) is 24.0 Å². The van der Waals surface area contributed by atoms with Crippen LogP contribution in [0.2, 0.25) is 0 Å². The van der Waals surface area contributed by atoms with Crippen molar-refractivity contribution in [2.75, 3.05) is 13.1 Å². The average molecular weight is 531 g/mol. The first-order valence-corrected chi connectivity index (χ1v) is 10.3. The van der Waals surface area contributed by atoms with Crippen LogP contribution in [0.5, 0.6) is 11.6 Å². The molecule has 1 aromatic carbocycles. The van der Waals surface area contributed by atoms with Crippen molar-refractivity contribution < 1.29 is 4.74 Å². The molecule has 0 saturated heterocycles. The van der Waals surface area contributed by atoms with E-state index < -0.39 is 0 Å². The molecule has 3 aromatic rings. The second kappa shape index (κ2) is 12.9. The zero-order valence-electron chi connectivity index (χ0n) is 18.3. The van der Waals surface area contributed by atoms with Crippen molar-refractivity contribution in [3.8, 4) is 11.6 Å². The van der Waals surface area contributed by atoms with Crippen LogP contribution in [0, 0.1) is 13.8 Å². The van der Waals surface area contributed by atoms with Crippen molar-refractivity contribution in [3.63, 3.8) is 0 Å². The number of pyridine rings is 2. The summed E-state index contributed by atoms with van der Waals surface area (Å²) in [5.74, 6) is 2.14. The quantitative estimate of drug-likeness (QED) is 0.248. The predicted molar refractivity (Wildman–Crippen MR) is 136 cm³/mol. The van der Waals surface area contributed by atoms with Crippen LogP contribution in [0.15, 0.2) is 65.9 Å². The summed E-state index contributed by atoms with van der Waals surface area (Å²) in [6, 6.07) is 15.9. The number of benzene rings is 1. The Kier molecular flexibility index (Phi) is 10.2. The summed E-state index contributed by atoms with van der Waals surface area (Å²) in [4.78, 5) is 13.4. The zero-order valence-corrected chi connectivity index (χ0v) is 20.6. The molecule has 2 N–H and O–H groups in total. The molecular weight excluding hydrogens is 501 g/mol. The van der Waals surface area contributed by atoms with E-state index in [0.717, 1.165) is 42.5 Å². The monoisotopic (exact) mass is 531 g/mol. The molecule has 6 nitrogen and oxygen atoms in total. The Balaban J connectivity index is 0.00000341. The number of guanidine groups is 1. The maximum atomic E-state index is 5.93. The topological polar surface area (TPSA) is 71.4 Å². The van der Waals surface area contributed by atoms with Gasteiger partial charge in [0, 0.05) is 43.7 Å². The maximum absolute atomic E-state index is 5.93.